The van der Waals surface area contributed by atoms with Crippen molar-refractivity contribution in [1.29, 1.82) is 0 Å². The van der Waals surface area contributed by atoms with E-state index < -0.39 is 0 Å². The fourth-order valence-corrected chi connectivity index (χ4v) is 4.96. The van der Waals surface area contributed by atoms with Gasteiger partial charge in [0.25, 0.3) is 0 Å². The fraction of sp³-hybridized carbons (Fsp3) is 0.0909. The second-order valence-electron chi connectivity index (χ2n) is 6.42. The summed E-state index contributed by atoms with van der Waals surface area (Å²) in [6, 6.07) is 12.5. The molecule has 2 heterocycles. The number of hydrogen-bond acceptors (Lipinski definition) is 7. The molecule has 0 aliphatic carbocycles. The number of phenols is 1. The van der Waals surface area contributed by atoms with Gasteiger partial charge in [-0.2, -0.15) is 5.10 Å². The van der Waals surface area contributed by atoms with Crippen LogP contribution in [0.25, 0.3) is 10.6 Å². The third kappa shape index (κ3) is 4.68. The SMILES string of the molecule is COc1cc(C=Nn2c(-c3cccs3)csc2=Nc2ccc(Cl)cc2Cl)cc(OC)c1O. The number of ether oxygens (including phenoxy) is 2. The Balaban J connectivity index is 1.84. The predicted octanol–water partition coefficient (Wildman–Crippen LogP) is 6.42. The Hall–Kier alpha value is -2.78. The minimum Gasteiger partial charge on any atom is -0.502 e. The van der Waals surface area contributed by atoms with Crippen LogP contribution in [0.5, 0.6) is 17.2 Å². The van der Waals surface area contributed by atoms with Crippen LogP contribution in [-0.4, -0.2) is 30.2 Å². The van der Waals surface area contributed by atoms with E-state index >= 15 is 0 Å². The summed E-state index contributed by atoms with van der Waals surface area (Å²) in [5.74, 6) is 0.512. The van der Waals surface area contributed by atoms with Gasteiger partial charge in [-0.25, -0.2) is 9.67 Å². The van der Waals surface area contributed by atoms with Crippen LogP contribution in [0.3, 0.4) is 0 Å². The fourth-order valence-electron chi connectivity index (χ4n) is 2.87. The Labute approximate surface area is 202 Å². The lowest BCUT2D eigenvalue weighted by Gasteiger charge is -2.09. The Kier molecular flexibility index (Phi) is 6.86. The molecule has 0 aliphatic heterocycles. The minimum atomic E-state index is -0.0670. The Morgan fingerprint density at radius 3 is 2.41 bits per heavy atom. The summed E-state index contributed by atoms with van der Waals surface area (Å²) in [5, 5.41) is 19.8. The quantitative estimate of drug-likeness (QED) is 0.307. The van der Waals surface area contributed by atoms with Crippen molar-refractivity contribution >= 4 is 57.8 Å². The first-order valence-electron chi connectivity index (χ1n) is 9.23. The maximum atomic E-state index is 10.2. The van der Waals surface area contributed by atoms with E-state index in [2.05, 4.69) is 5.10 Å². The zero-order valence-corrected chi connectivity index (χ0v) is 20.1. The van der Waals surface area contributed by atoms with Gasteiger partial charge >= 0.3 is 0 Å². The molecule has 164 valence electrons. The largest absolute Gasteiger partial charge is 0.502 e. The van der Waals surface area contributed by atoms with Gasteiger partial charge in [-0.15, -0.1) is 22.7 Å². The highest BCUT2D eigenvalue weighted by atomic mass is 35.5. The second-order valence-corrected chi connectivity index (χ2v) is 9.05. The number of aromatic nitrogens is 1. The number of rotatable bonds is 6. The van der Waals surface area contributed by atoms with Crippen molar-refractivity contribution in [3.8, 4) is 27.8 Å². The first kappa shape index (κ1) is 22.4. The monoisotopic (exact) mass is 505 g/mol. The van der Waals surface area contributed by atoms with Crippen LogP contribution in [-0.2, 0) is 0 Å². The van der Waals surface area contributed by atoms with E-state index in [4.69, 9.17) is 37.7 Å². The molecule has 2 aromatic carbocycles. The molecular weight excluding hydrogens is 489 g/mol. The third-order valence-electron chi connectivity index (χ3n) is 4.41. The van der Waals surface area contributed by atoms with Crippen LogP contribution in [0.15, 0.2) is 63.3 Å². The molecule has 0 saturated carbocycles. The molecule has 4 aromatic rings. The van der Waals surface area contributed by atoms with E-state index in [1.165, 1.54) is 25.6 Å². The number of benzene rings is 2. The Morgan fingerprint density at radius 1 is 1.03 bits per heavy atom. The lowest BCUT2D eigenvalue weighted by atomic mass is 10.2. The first-order chi connectivity index (χ1) is 15.5. The number of hydrogen-bond donors (Lipinski definition) is 1. The summed E-state index contributed by atoms with van der Waals surface area (Å²) in [6.45, 7) is 0. The van der Waals surface area contributed by atoms with Crippen molar-refractivity contribution in [2.45, 2.75) is 0 Å². The van der Waals surface area contributed by atoms with E-state index in [9.17, 15) is 5.11 Å². The molecule has 0 radical (unpaired) electrons. The average Bonchev–Trinajstić information content (AvgIpc) is 3.44. The number of phenolic OH excluding ortho intramolecular Hbond substituents is 1. The lowest BCUT2D eigenvalue weighted by molar-refractivity contribution is 0.340. The smallest absolute Gasteiger partial charge is 0.211 e. The molecule has 2 aromatic heterocycles. The van der Waals surface area contributed by atoms with Crippen LogP contribution in [0, 0.1) is 0 Å². The summed E-state index contributed by atoms with van der Waals surface area (Å²) >= 11 is 15.4. The van der Waals surface area contributed by atoms with Gasteiger partial charge in [0, 0.05) is 16.0 Å². The van der Waals surface area contributed by atoms with Gasteiger partial charge in [-0.05, 0) is 41.8 Å². The number of thiophene rings is 1. The van der Waals surface area contributed by atoms with Crippen molar-refractivity contribution in [3.05, 3.63) is 73.6 Å². The van der Waals surface area contributed by atoms with Crippen molar-refractivity contribution < 1.29 is 14.6 Å². The zero-order valence-electron chi connectivity index (χ0n) is 17.0. The highest BCUT2D eigenvalue weighted by Crippen LogP contribution is 2.36. The standard InChI is InChI=1S/C22H17Cl2N3O3S2/c1-29-18-8-13(9-19(30-2)21(18)28)11-25-27-17(20-4-3-7-31-20)12-32-22(27)26-16-6-5-14(23)10-15(16)24/h3-12,28H,1-2H3. The molecule has 10 heteroatoms. The second kappa shape index (κ2) is 9.79. The molecule has 0 bridgehead atoms. The van der Waals surface area contributed by atoms with E-state index in [1.54, 1.807) is 52.6 Å². The average molecular weight is 506 g/mol. The van der Waals surface area contributed by atoms with Crippen LogP contribution >= 0.6 is 45.9 Å². The molecule has 0 amide bonds. The summed E-state index contributed by atoms with van der Waals surface area (Å²) in [5.41, 5.74) is 2.16. The van der Waals surface area contributed by atoms with Gasteiger partial charge in [0.15, 0.2) is 11.5 Å². The third-order valence-corrected chi connectivity index (χ3v) is 6.66. The molecule has 0 spiro atoms. The topological polar surface area (TPSA) is 68.3 Å². The number of thiazole rings is 1. The van der Waals surface area contributed by atoms with E-state index in [0.717, 1.165) is 10.6 Å². The maximum absolute atomic E-state index is 10.2. The number of methoxy groups -OCH3 is 2. The molecule has 0 unspecified atom stereocenters. The van der Waals surface area contributed by atoms with E-state index in [-0.39, 0.29) is 17.2 Å². The van der Waals surface area contributed by atoms with Crippen LogP contribution < -0.4 is 14.3 Å². The summed E-state index contributed by atoms with van der Waals surface area (Å²) in [7, 11) is 2.95. The molecular formula is C22H17Cl2N3O3S2. The van der Waals surface area contributed by atoms with Gasteiger partial charge in [0.2, 0.25) is 10.6 Å². The van der Waals surface area contributed by atoms with Gasteiger partial charge in [-0.1, -0.05) is 29.3 Å². The molecule has 0 aliphatic rings. The summed E-state index contributed by atoms with van der Waals surface area (Å²) < 4.78 is 12.2. The van der Waals surface area contributed by atoms with Crippen LogP contribution in [0.4, 0.5) is 5.69 Å². The zero-order chi connectivity index (χ0) is 22.7. The Bertz CT molecular complexity index is 1320. The number of aromatic hydroxyl groups is 1. The number of halogens is 2. The molecule has 0 saturated heterocycles. The van der Waals surface area contributed by atoms with Gasteiger partial charge in [-0.3, -0.25) is 0 Å². The van der Waals surface area contributed by atoms with Crippen molar-refractivity contribution in [1.82, 2.24) is 4.68 Å². The summed E-state index contributed by atoms with van der Waals surface area (Å²) in [4.78, 5) is 6.37. The van der Waals surface area contributed by atoms with Crippen LogP contribution in [0.1, 0.15) is 5.56 Å². The molecule has 1 N–H and O–H groups in total. The maximum Gasteiger partial charge on any atom is 0.211 e. The van der Waals surface area contributed by atoms with E-state index in [1.807, 2.05) is 22.9 Å². The first-order valence-corrected chi connectivity index (χ1v) is 11.7. The molecule has 0 atom stereocenters. The van der Waals surface area contributed by atoms with Crippen molar-refractivity contribution in [2.24, 2.45) is 10.1 Å². The van der Waals surface area contributed by atoms with Gasteiger partial charge in [0.05, 0.1) is 41.7 Å². The molecule has 6 nitrogen and oxygen atoms in total. The highest BCUT2D eigenvalue weighted by molar-refractivity contribution is 7.14. The number of nitrogens with zero attached hydrogens (tertiary/aromatic N) is 3. The molecule has 4 rings (SSSR count). The summed E-state index contributed by atoms with van der Waals surface area (Å²) in [6.07, 6.45) is 1.65. The molecule has 32 heavy (non-hydrogen) atoms. The van der Waals surface area contributed by atoms with Crippen molar-refractivity contribution in [2.75, 3.05) is 14.2 Å². The van der Waals surface area contributed by atoms with Crippen LogP contribution in [0.2, 0.25) is 10.0 Å². The predicted molar refractivity (Wildman–Crippen MR) is 132 cm³/mol. The normalized spacial score (nSPS) is 11.9. The van der Waals surface area contributed by atoms with Crippen molar-refractivity contribution in [3.63, 3.8) is 0 Å². The Morgan fingerprint density at radius 2 is 1.78 bits per heavy atom. The highest BCUT2D eigenvalue weighted by Gasteiger charge is 2.12. The lowest BCUT2D eigenvalue weighted by Crippen LogP contribution is -2.11. The molecule has 0 fully saturated rings. The van der Waals surface area contributed by atoms with Gasteiger partial charge < -0.3 is 14.6 Å². The van der Waals surface area contributed by atoms with Gasteiger partial charge in [0.1, 0.15) is 0 Å². The minimum absolute atomic E-state index is 0.0670. The van der Waals surface area contributed by atoms with E-state index in [0.29, 0.717) is 26.1 Å².